The molecule has 92 valence electrons. The smallest absolute Gasteiger partial charge is 0.244 e. The maximum Gasteiger partial charge on any atom is 0.244 e. The number of terminal acetylenes is 1. The maximum atomic E-state index is 13.7. The lowest BCUT2D eigenvalue weighted by Gasteiger charge is -2.11. The topological polar surface area (TPSA) is 72.2 Å². The normalized spacial score (nSPS) is 13.1. The molecule has 0 saturated carbocycles. The fourth-order valence-corrected chi connectivity index (χ4v) is 3.02. The van der Waals surface area contributed by atoms with Gasteiger partial charge in [0.1, 0.15) is 4.90 Å². The molecule has 0 aliphatic rings. The number of nitrogens with two attached hydrogens (primary N) is 1. The van der Waals surface area contributed by atoms with E-state index < -0.39 is 26.8 Å². The van der Waals surface area contributed by atoms with Gasteiger partial charge >= 0.3 is 0 Å². The number of hydrogen-bond donors (Lipinski definition) is 2. The number of nitrogen functional groups attached to an aromatic ring is 1. The molecule has 0 saturated heterocycles. The van der Waals surface area contributed by atoms with Crippen molar-refractivity contribution in [3.05, 3.63) is 22.4 Å². The summed E-state index contributed by atoms with van der Waals surface area (Å²) in [6.45, 7) is 1.47. The molecule has 1 rings (SSSR count). The molecule has 1 atom stereocenters. The third-order valence-corrected chi connectivity index (χ3v) is 4.01. The Morgan fingerprint density at radius 2 is 2.18 bits per heavy atom. The first-order chi connectivity index (χ1) is 7.77. The molecule has 1 aromatic carbocycles. The van der Waals surface area contributed by atoms with E-state index in [9.17, 15) is 12.8 Å². The molecule has 0 amide bonds. The molecular formula is C10H10BrFN2O2S. The van der Waals surface area contributed by atoms with Crippen molar-refractivity contribution in [2.24, 2.45) is 0 Å². The first-order valence-corrected chi connectivity index (χ1v) is 6.78. The average molecular weight is 321 g/mol. The summed E-state index contributed by atoms with van der Waals surface area (Å²) in [5.41, 5.74) is 5.59. The van der Waals surface area contributed by atoms with Crippen LogP contribution >= 0.6 is 15.9 Å². The van der Waals surface area contributed by atoms with Gasteiger partial charge in [-0.1, -0.05) is 5.92 Å². The van der Waals surface area contributed by atoms with Crippen LogP contribution in [0.4, 0.5) is 10.1 Å². The van der Waals surface area contributed by atoms with Crippen LogP contribution in [-0.2, 0) is 10.0 Å². The van der Waals surface area contributed by atoms with Crippen molar-refractivity contribution in [2.75, 3.05) is 5.73 Å². The van der Waals surface area contributed by atoms with Crippen LogP contribution < -0.4 is 10.5 Å². The molecule has 0 aromatic heterocycles. The van der Waals surface area contributed by atoms with Crippen molar-refractivity contribution in [3.8, 4) is 12.3 Å². The first-order valence-electron chi connectivity index (χ1n) is 4.51. The van der Waals surface area contributed by atoms with Crippen LogP contribution in [0.1, 0.15) is 6.92 Å². The number of anilines is 1. The lowest BCUT2D eigenvalue weighted by molar-refractivity contribution is 0.552. The predicted molar refractivity (Wildman–Crippen MR) is 67.1 cm³/mol. The van der Waals surface area contributed by atoms with E-state index in [2.05, 4.69) is 26.6 Å². The van der Waals surface area contributed by atoms with Gasteiger partial charge in [-0.05, 0) is 35.0 Å². The Balaban J connectivity index is 3.30. The van der Waals surface area contributed by atoms with E-state index in [-0.39, 0.29) is 10.2 Å². The zero-order chi connectivity index (χ0) is 13.2. The molecule has 17 heavy (non-hydrogen) atoms. The van der Waals surface area contributed by atoms with Gasteiger partial charge in [-0.15, -0.1) is 6.42 Å². The number of benzene rings is 1. The summed E-state index contributed by atoms with van der Waals surface area (Å²) in [5, 5.41) is 0. The Kier molecular flexibility index (Phi) is 4.14. The van der Waals surface area contributed by atoms with Crippen molar-refractivity contribution in [2.45, 2.75) is 17.9 Å². The third kappa shape index (κ3) is 3.19. The standard InChI is InChI=1S/C10H10BrFN2O2S/c1-3-6(2)14-17(15,16)9-5-7(13)4-8(11)10(9)12/h1,4-6,14H,13H2,2H3. The Labute approximate surface area is 108 Å². The molecule has 0 fully saturated rings. The molecule has 0 heterocycles. The second-order valence-electron chi connectivity index (χ2n) is 3.32. The van der Waals surface area contributed by atoms with E-state index >= 15 is 0 Å². The predicted octanol–water partition coefficient (Wildman–Crippen LogP) is 1.47. The lowest BCUT2D eigenvalue weighted by atomic mass is 10.3. The highest BCUT2D eigenvalue weighted by Crippen LogP contribution is 2.26. The van der Waals surface area contributed by atoms with Gasteiger partial charge in [-0.3, -0.25) is 0 Å². The monoisotopic (exact) mass is 320 g/mol. The van der Waals surface area contributed by atoms with Crippen LogP contribution in [0.2, 0.25) is 0 Å². The Bertz CT molecular complexity index is 581. The van der Waals surface area contributed by atoms with Crippen molar-refractivity contribution < 1.29 is 12.8 Å². The van der Waals surface area contributed by atoms with E-state index in [1.807, 2.05) is 0 Å². The zero-order valence-corrected chi connectivity index (χ0v) is 11.3. The van der Waals surface area contributed by atoms with Gasteiger partial charge in [-0.2, -0.15) is 4.72 Å². The quantitative estimate of drug-likeness (QED) is 0.654. The second kappa shape index (κ2) is 5.04. The number of sulfonamides is 1. The van der Waals surface area contributed by atoms with Crippen LogP contribution in [0.15, 0.2) is 21.5 Å². The molecule has 3 N–H and O–H groups in total. The van der Waals surface area contributed by atoms with Crippen LogP contribution in [-0.4, -0.2) is 14.5 Å². The summed E-state index contributed by atoms with van der Waals surface area (Å²) >= 11 is 2.89. The van der Waals surface area contributed by atoms with Crippen molar-refractivity contribution in [1.29, 1.82) is 0 Å². The summed E-state index contributed by atoms with van der Waals surface area (Å²) < 4.78 is 39.4. The molecule has 7 heteroatoms. The number of halogens is 2. The minimum absolute atomic E-state index is 0.0220. The molecule has 0 bridgehead atoms. The molecular weight excluding hydrogens is 311 g/mol. The van der Waals surface area contributed by atoms with Crippen molar-refractivity contribution in [1.82, 2.24) is 4.72 Å². The van der Waals surface area contributed by atoms with E-state index in [0.717, 1.165) is 6.07 Å². The summed E-state index contributed by atoms with van der Waals surface area (Å²) in [7, 11) is -4.02. The number of hydrogen-bond acceptors (Lipinski definition) is 3. The third-order valence-electron chi connectivity index (χ3n) is 1.89. The van der Waals surface area contributed by atoms with Crippen LogP contribution in [0.25, 0.3) is 0 Å². The molecule has 1 unspecified atom stereocenters. The van der Waals surface area contributed by atoms with Gasteiger partial charge in [0.05, 0.1) is 10.5 Å². The van der Waals surface area contributed by atoms with Gasteiger partial charge < -0.3 is 5.73 Å². The fraction of sp³-hybridized carbons (Fsp3) is 0.200. The maximum absolute atomic E-state index is 13.7. The molecule has 1 aromatic rings. The second-order valence-corrected chi connectivity index (χ2v) is 5.86. The van der Waals surface area contributed by atoms with E-state index in [0.29, 0.717) is 0 Å². The van der Waals surface area contributed by atoms with Gasteiger partial charge in [0.25, 0.3) is 0 Å². The largest absolute Gasteiger partial charge is 0.399 e. The lowest BCUT2D eigenvalue weighted by Crippen LogP contribution is -2.32. The first kappa shape index (κ1) is 14.0. The van der Waals surface area contributed by atoms with Crippen LogP contribution in [0, 0.1) is 18.2 Å². The van der Waals surface area contributed by atoms with Crippen LogP contribution in [0.5, 0.6) is 0 Å². The molecule has 4 nitrogen and oxygen atoms in total. The highest BCUT2D eigenvalue weighted by atomic mass is 79.9. The van der Waals surface area contributed by atoms with Crippen LogP contribution in [0.3, 0.4) is 0 Å². The van der Waals surface area contributed by atoms with Gasteiger partial charge in [0, 0.05) is 5.69 Å². The van der Waals surface area contributed by atoms with E-state index in [4.69, 9.17) is 12.2 Å². The van der Waals surface area contributed by atoms with Crippen molar-refractivity contribution >= 4 is 31.6 Å². The van der Waals surface area contributed by atoms with E-state index in [1.54, 1.807) is 0 Å². The van der Waals surface area contributed by atoms with E-state index in [1.165, 1.54) is 13.0 Å². The highest BCUT2D eigenvalue weighted by Gasteiger charge is 2.22. The number of rotatable bonds is 3. The van der Waals surface area contributed by atoms with Gasteiger partial charge in [0.15, 0.2) is 5.82 Å². The Hall–Kier alpha value is -1.10. The summed E-state index contributed by atoms with van der Waals surface area (Å²) in [6.07, 6.45) is 5.05. The van der Waals surface area contributed by atoms with Gasteiger partial charge in [-0.25, -0.2) is 12.8 Å². The Morgan fingerprint density at radius 3 is 2.71 bits per heavy atom. The minimum Gasteiger partial charge on any atom is -0.399 e. The minimum atomic E-state index is -4.02. The summed E-state index contributed by atoms with van der Waals surface area (Å²) in [5.74, 6) is 1.28. The molecule has 0 aliphatic heterocycles. The highest BCUT2D eigenvalue weighted by molar-refractivity contribution is 9.10. The van der Waals surface area contributed by atoms with Crippen molar-refractivity contribution in [3.63, 3.8) is 0 Å². The zero-order valence-electron chi connectivity index (χ0n) is 8.87. The summed E-state index contributed by atoms with van der Waals surface area (Å²) in [4.78, 5) is -0.536. The fourth-order valence-electron chi connectivity index (χ4n) is 1.11. The molecule has 0 aliphatic carbocycles. The molecule has 0 spiro atoms. The van der Waals surface area contributed by atoms with Gasteiger partial charge in [0.2, 0.25) is 10.0 Å². The molecule has 0 radical (unpaired) electrons. The number of nitrogens with one attached hydrogen (secondary N) is 1. The average Bonchev–Trinajstić information content (AvgIpc) is 2.22. The SMILES string of the molecule is C#CC(C)NS(=O)(=O)c1cc(N)cc(Br)c1F. The summed E-state index contributed by atoms with van der Waals surface area (Å²) in [6, 6.07) is 1.57. The Morgan fingerprint density at radius 1 is 1.59 bits per heavy atom.